The number of nitrogens with one attached hydrogen (secondary N) is 1. The molecule has 0 aliphatic rings. The number of thiocarbonyl (C=S) groups is 1. The van der Waals surface area contributed by atoms with E-state index in [1.54, 1.807) is 12.1 Å². The second-order valence-electron chi connectivity index (χ2n) is 3.98. The quantitative estimate of drug-likeness (QED) is 0.510. The van der Waals surface area contributed by atoms with Crippen molar-refractivity contribution < 1.29 is 4.92 Å². The summed E-state index contributed by atoms with van der Waals surface area (Å²) in [6, 6.07) is 4.45. The van der Waals surface area contributed by atoms with Gasteiger partial charge in [0.1, 0.15) is 4.99 Å². The molecule has 1 aromatic rings. The Balaban J connectivity index is 2.82. The van der Waals surface area contributed by atoms with Crippen LogP contribution >= 0.6 is 23.8 Å². The third-order valence-corrected chi connectivity index (χ3v) is 2.85. The van der Waals surface area contributed by atoms with E-state index in [1.165, 1.54) is 6.07 Å². The lowest BCUT2D eigenvalue weighted by Crippen LogP contribution is -2.31. The first kappa shape index (κ1) is 14.8. The summed E-state index contributed by atoms with van der Waals surface area (Å²) in [5.41, 5.74) is 0.308. The molecule has 0 aliphatic carbocycles. The summed E-state index contributed by atoms with van der Waals surface area (Å²) in [7, 11) is 3.88. The van der Waals surface area contributed by atoms with Crippen molar-refractivity contribution >= 4 is 34.5 Å². The lowest BCUT2D eigenvalue weighted by atomic mass is 10.2. The zero-order valence-electron chi connectivity index (χ0n) is 10.1. The standard InChI is InChI=1S/C11H14ClN3O2S/c1-14(2)6-5-13-11(18)9-4-3-8(12)7-10(9)15(16)17/h3-4,7H,5-6H2,1-2H3,(H,13,18). The summed E-state index contributed by atoms with van der Waals surface area (Å²) in [4.78, 5) is 12.8. The molecule has 0 heterocycles. The van der Waals surface area contributed by atoms with E-state index in [0.717, 1.165) is 6.54 Å². The van der Waals surface area contributed by atoms with Gasteiger partial charge in [-0.2, -0.15) is 0 Å². The molecule has 0 aliphatic heterocycles. The SMILES string of the molecule is CN(C)CCNC(=S)c1ccc(Cl)cc1[N+](=O)[O-]. The Morgan fingerprint density at radius 3 is 2.78 bits per heavy atom. The molecular formula is C11H14ClN3O2S. The number of nitro benzene ring substituents is 1. The molecular weight excluding hydrogens is 274 g/mol. The van der Waals surface area contributed by atoms with E-state index in [-0.39, 0.29) is 5.69 Å². The summed E-state index contributed by atoms with van der Waals surface area (Å²) in [5.74, 6) is 0. The Hall–Kier alpha value is -1.24. The Morgan fingerprint density at radius 1 is 1.56 bits per heavy atom. The largest absolute Gasteiger partial charge is 0.374 e. The van der Waals surface area contributed by atoms with Gasteiger partial charge in [0.05, 0.1) is 10.5 Å². The van der Waals surface area contributed by atoms with E-state index < -0.39 is 4.92 Å². The van der Waals surface area contributed by atoms with Crippen molar-refractivity contribution in [3.8, 4) is 0 Å². The molecule has 1 N–H and O–H groups in total. The Kier molecular flexibility index (Phi) is 5.46. The molecule has 0 amide bonds. The van der Waals surface area contributed by atoms with E-state index in [0.29, 0.717) is 22.1 Å². The van der Waals surface area contributed by atoms with Gasteiger partial charge >= 0.3 is 0 Å². The minimum atomic E-state index is -0.485. The highest BCUT2D eigenvalue weighted by Crippen LogP contribution is 2.23. The van der Waals surface area contributed by atoms with Crippen molar-refractivity contribution in [2.45, 2.75) is 0 Å². The van der Waals surface area contributed by atoms with Crippen molar-refractivity contribution in [2.75, 3.05) is 27.2 Å². The normalized spacial score (nSPS) is 10.4. The Labute approximate surface area is 116 Å². The van der Waals surface area contributed by atoms with Crippen LogP contribution in [0.4, 0.5) is 5.69 Å². The molecule has 0 atom stereocenters. The number of halogens is 1. The summed E-state index contributed by atoms with van der Waals surface area (Å²) < 4.78 is 0. The van der Waals surface area contributed by atoms with Gasteiger partial charge in [-0.25, -0.2) is 0 Å². The van der Waals surface area contributed by atoms with Crippen LogP contribution in [-0.4, -0.2) is 42.0 Å². The molecule has 0 saturated heterocycles. The maximum atomic E-state index is 10.9. The van der Waals surface area contributed by atoms with Gasteiger partial charge in [0.2, 0.25) is 0 Å². The van der Waals surface area contributed by atoms with Gasteiger partial charge in [-0.3, -0.25) is 10.1 Å². The van der Waals surface area contributed by atoms with E-state index in [2.05, 4.69) is 5.32 Å². The fourth-order valence-electron chi connectivity index (χ4n) is 1.34. The first-order valence-electron chi connectivity index (χ1n) is 5.28. The van der Waals surface area contributed by atoms with Gasteiger partial charge in [0.25, 0.3) is 5.69 Å². The number of likely N-dealkylation sites (N-methyl/N-ethyl adjacent to an activating group) is 1. The van der Waals surface area contributed by atoms with Crippen molar-refractivity contribution in [2.24, 2.45) is 0 Å². The fraction of sp³-hybridized carbons (Fsp3) is 0.364. The van der Waals surface area contributed by atoms with Crippen molar-refractivity contribution in [1.29, 1.82) is 0 Å². The van der Waals surface area contributed by atoms with E-state index in [1.807, 2.05) is 19.0 Å². The van der Waals surface area contributed by atoms with Gasteiger partial charge in [-0.15, -0.1) is 0 Å². The molecule has 0 spiro atoms. The average molecular weight is 288 g/mol. The molecule has 5 nitrogen and oxygen atoms in total. The summed E-state index contributed by atoms with van der Waals surface area (Å²) in [6.07, 6.45) is 0. The molecule has 0 radical (unpaired) electrons. The smallest absolute Gasteiger partial charge is 0.281 e. The number of nitro groups is 1. The first-order chi connectivity index (χ1) is 8.41. The zero-order valence-corrected chi connectivity index (χ0v) is 11.7. The van der Waals surface area contributed by atoms with Crippen LogP contribution in [0.5, 0.6) is 0 Å². The van der Waals surface area contributed by atoms with Gasteiger partial charge in [-0.05, 0) is 26.2 Å². The predicted molar refractivity (Wildman–Crippen MR) is 76.4 cm³/mol. The molecule has 0 bridgehead atoms. The van der Waals surface area contributed by atoms with E-state index >= 15 is 0 Å². The molecule has 1 rings (SSSR count). The predicted octanol–water partition coefficient (Wildman–Crippen LogP) is 2.07. The van der Waals surface area contributed by atoms with Gasteiger partial charge in [0.15, 0.2) is 0 Å². The fourth-order valence-corrected chi connectivity index (χ4v) is 1.78. The second-order valence-corrected chi connectivity index (χ2v) is 4.82. The van der Waals surface area contributed by atoms with E-state index in [9.17, 15) is 10.1 Å². The summed E-state index contributed by atoms with van der Waals surface area (Å²) >= 11 is 10.9. The minimum absolute atomic E-state index is 0.0788. The number of benzene rings is 1. The highest BCUT2D eigenvalue weighted by atomic mass is 35.5. The number of rotatable bonds is 5. The summed E-state index contributed by atoms with van der Waals surface area (Å²) in [6.45, 7) is 1.42. The van der Waals surface area contributed by atoms with Gasteiger partial charge in [0, 0.05) is 24.2 Å². The van der Waals surface area contributed by atoms with Crippen LogP contribution < -0.4 is 5.32 Å². The van der Waals surface area contributed by atoms with Crippen molar-refractivity contribution in [1.82, 2.24) is 10.2 Å². The maximum Gasteiger partial charge on any atom is 0.281 e. The van der Waals surface area contributed by atoms with Crippen LogP contribution in [0.2, 0.25) is 5.02 Å². The number of hydrogen-bond donors (Lipinski definition) is 1. The summed E-state index contributed by atoms with van der Waals surface area (Å²) in [5, 5.41) is 14.2. The average Bonchev–Trinajstić information content (AvgIpc) is 2.28. The van der Waals surface area contributed by atoms with Crippen LogP contribution in [0.1, 0.15) is 5.56 Å². The van der Waals surface area contributed by atoms with Crippen LogP contribution in [0, 0.1) is 10.1 Å². The Morgan fingerprint density at radius 2 is 2.22 bits per heavy atom. The molecule has 0 saturated carbocycles. The zero-order chi connectivity index (χ0) is 13.7. The van der Waals surface area contributed by atoms with Crippen LogP contribution in [0.3, 0.4) is 0 Å². The molecule has 1 aromatic carbocycles. The lowest BCUT2D eigenvalue weighted by molar-refractivity contribution is -0.385. The van der Waals surface area contributed by atoms with Gasteiger partial charge < -0.3 is 10.2 Å². The van der Waals surface area contributed by atoms with E-state index in [4.69, 9.17) is 23.8 Å². The first-order valence-corrected chi connectivity index (χ1v) is 6.07. The third kappa shape index (κ3) is 4.21. The van der Waals surface area contributed by atoms with Crippen molar-refractivity contribution in [3.05, 3.63) is 38.9 Å². The van der Waals surface area contributed by atoms with Crippen molar-refractivity contribution in [3.63, 3.8) is 0 Å². The lowest BCUT2D eigenvalue weighted by Gasteiger charge is -2.12. The molecule has 98 valence electrons. The number of nitrogens with zero attached hydrogens (tertiary/aromatic N) is 2. The van der Waals surface area contributed by atoms with Crippen LogP contribution in [0.15, 0.2) is 18.2 Å². The molecule has 0 fully saturated rings. The maximum absolute atomic E-state index is 10.9. The van der Waals surface area contributed by atoms with Gasteiger partial charge in [-0.1, -0.05) is 23.8 Å². The third-order valence-electron chi connectivity index (χ3n) is 2.25. The second kappa shape index (κ2) is 6.63. The molecule has 0 aromatic heterocycles. The van der Waals surface area contributed by atoms with Crippen LogP contribution in [-0.2, 0) is 0 Å². The topological polar surface area (TPSA) is 58.4 Å². The molecule has 0 unspecified atom stereocenters. The van der Waals surface area contributed by atoms with Crippen LogP contribution in [0.25, 0.3) is 0 Å². The highest BCUT2D eigenvalue weighted by Gasteiger charge is 2.17. The highest BCUT2D eigenvalue weighted by molar-refractivity contribution is 7.80. The monoisotopic (exact) mass is 287 g/mol. The number of hydrogen-bond acceptors (Lipinski definition) is 4. The minimum Gasteiger partial charge on any atom is -0.374 e. The molecule has 18 heavy (non-hydrogen) atoms. The Bertz CT molecular complexity index is 466. The molecule has 7 heteroatoms.